The van der Waals surface area contributed by atoms with E-state index < -0.39 is 5.97 Å². The van der Waals surface area contributed by atoms with Crippen molar-refractivity contribution in [3.63, 3.8) is 0 Å². The number of aryl methyl sites for hydroxylation is 1. The van der Waals surface area contributed by atoms with E-state index in [0.717, 1.165) is 44.4 Å². The fourth-order valence-electron chi connectivity index (χ4n) is 3.70. The Labute approximate surface area is 201 Å². The number of carboxylic acid groups (broad SMARTS) is 1. The van der Waals surface area contributed by atoms with Crippen LogP contribution < -0.4 is 10.1 Å². The Bertz CT molecular complexity index is 733. The molecule has 0 aliphatic rings. The molecule has 0 spiro atoms. The minimum atomic E-state index is -0.663. The van der Waals surface area contributed by atoms with Crippen molar-refractivity contribution in [1.82, 2.24) is 5.32 Å². The molecular formula is C29H45NO3. The van der Waals surface area contributed by atoms with Crippen LogP contribution in [-0.2, 0) is 11.2 Å². The van der Waals surface area contributed by atoms with Crippen molar-refractivity contribution in [1.29, 1.82) is 0 Å². The number of carboxylic acids is 1. The molecule has 0 bridgehead atoms. The van der Waals surface area contributed by atoms with Crippen LogP contribution in [-0.4, -0.2) is 24.7 Å². The molecule has 0 amide bonds. The quantitative estimate of drug-likeness (QED) is 0.256. The van der Waals surface area contributed by atoms with Crippen molar-refractivity contribution < 1.29 is 14.6 Å². The molecule has 0 saturated carbocycles. The Hall–Kier alpha value is -2.33. The average Bonchev–Trinajstić information content (AvgIpc) is 2.82. The van der Waals surface area contributed by atoms with Gasteiger partial charge in [0.25, 0.3) is 0 Å². The molecule has 0 fully saturated rings. The molecule has 2 N–H and O–H groups in total. The zero-order chi connectivity index (χ0) is 24.2. The van der Waals surface area contributed by atoms with Gasteiger partial charge < -0.3 is 15.2 Å². The summed E-state index contributed by atoms with van der Waals surface area (Å²) in [7, 11) is 1.98. The van der Waals surface area contributed by atoms with E-state index in [1.807, 2.05) is 13.1 Å². The normalized spacial score (nSPS) is 11.4. The number of ether oxygens (including phenoxy) is 1. The predicted molar refractivity (Wildman–Crippen MR) is 139 cm³/mol. The summed E-state index contributed by atoms with van der Waals surface area (Å²) in [6.07, 6.45) is 12.0. The Morgan fingerprint density at radius 1 is 0.909 bits per heavy atom. The van der Waals surface area contributed by atoms with Crippen molar-refractivity contribution in [3.8, 4) is 5.75 Å². The molecule has 0 aromatic heterocycles. The van der Waals surface area contributed by atoms with E-state index in [1.54, 1.807) is 0 Å². The highest BCUT2D eigenvalue weighted by atomic mass is 16.5. The van der Waals surface area contributed by atoms with Gasteiger partial charge in [0.1, 0.15) is 11.9 Å². The van der Waals surface area contributed by atoms with Crippen molar-refractivity contribution >= 4 is 5.97 Å². The van der Waals surface area contributed by atoms with Crippen LogP contribution in [0.1, 0.15) is 95.3 Å². The highest BCUT2D eigenvalue weighted by molar-refractivity contribution is 5.66. The molecule has 0 radical (unpaired) electrons. The topological polar surface area (TPSA) is 58.6 Å². The van der Waals surface area contributed by atoms with Crippen molar-refractivity contribution in [3.05, 3.63) is 65.7 Å². The lowest BCUT2D eigenvalue weighted by atomic mass is 10.1. The molecule has 0 heterocycles. The van der Waals surface area contributed by atoms with E-state index >= 15 is 0 Å². The first-order valence-corrected chi connectivity index (χ1v) is 12.8. The van der Waals surface area contributed by atoms with Crippen molar-refractivity contribution in [2.24, 2.45) is 0 Å². The molecule has 184 valence electrons. The first-order chi connectivity index (χ1) is 16.1. The molecule has 2 aromatic carbocycles. The largest absolute Gasteiger partial charge is 0.486 e. The number of carbonyl (C=O) groups is 1. The van der Waals surface area contributed by atoms with Crippen LogP contribution in [0.2, 0.25) is 0 Å². The van der Waals surface area contributed by atoms with E-state index in [0.29, 0.717) is 6.42 Å². The maximum absolute atomic E-state index is 10.1. The lowest BCUT2D eigenvalue weighted by Gasteiger charge is -2.20. The number of aliphatic carboxylic acids is 1. The first-order valence-electron chi connectivity index (χ1n) is 12.8. The van der Waals surface area contributed by atoms with Crippen molar-refractivity contribution in [2.45, 2.75) is 90.6 Å². The molecule has 1 unspecified atom stereocenters. The average molecular weight is 456 g/mol. The summed E-state index contributed by atoms with van der Waals surface area (Å²) in [4.78, 5) is 10.1. The van der Waals surface area contributed by atoms with Gasteiger partial charge >= 0.3 is 5.97 Å². The Kier molecular flexibility index (Phi) is 16.7. The van der Waals surface area contributed by atoms with Gasteiger partial charge in [-0.2, -0.15) is 0 Å². The molecule has 2 rings (SSSR count). The van der Waals surface area contributed by atoms with Crippen LogP contribution in [0.15, 0.2) is 54.6 Å². The maximum Gasteiger partial charge on any atom is 0.303 e. The summed E-state index contributed by atoms with van der Waals surface area (Å²) in [5.41, 5.74) is 2.57. The zero-order valence-electron chi connectivity index (χ0n) is 21.0. The number of hydrogen-bond acceptors (Lipinski definition) is 3. The monoisotopic (exact) mass is 455 g/mol. The lowest BCUT2D eigenvalue weighted by Crippen LogP contribution is -2.16. The van der Waals surface area contributed by atoms with Gasteiger partial charge in [-0.1, -0.05) is 101 Å². The molecule has 4 nitrogen and oxygen atoms in total. The third kappa shape index (κ3) is 14.4. The van der Waals surface area contributed by atoms with Crippen molar-refractivity contribution in [2.75, 3.05) is 13.6 Å². The maximum atomic E-state index is 10.1. The molecule has 0 aliphatic heterocycles. The van der Waals surface area contributed by atoms with Crippen LogP contribution in [0.25, 0.3) is 0 Å². The van der Waals surface area contributed by atoms with Gasteiger partial charge in [0.2, 0.25) is 0 Å². The fourth-order valence-corrected chi connectivity index (χ4v) is 3.70. The second-order valence-corrected chi connectivity index (χ2v) is 8.57. The van der Waals surface area contributed by atoms with Crippen LogP contribution in [0, 0.1) is 0 Å². The summed E-state index contributed by atoms with van der Waals surface area (Å²) in [6.45, 7) is 5.34. The number of benzene rings is 2. The second-order valence-electron chi connectivity index (χ2n) is 8.57. The molecule has 33 heavy (non-hydrogen) atoms. The molecule has 0 aliphatic carbocycles. The minimum Gasteiger partial charge on any atom is -0.486 e. The van der Waals surface area contributed by atoms with Gasteiger partial charge in [-0.25, -0.2) is 0 Å². The SMILES string of the molecule is CCCCCCCCCC(=O)O.CCCc1cccc(OC(CCNC)c2ccccc2)c1. The predicted octanol–water partition coefficient (Wildman–Crippen LogP) is 7.58. The highest BCUT2D eigenvalue weighted by Gasteiger charge is 2.13. The summed E-state index contributed by atoms with van der Waals surface area (Å²) >= 11 is 0. The molecular weight excluding hydrogens is 410 g/mol. The lowest BCUT2D eigenvalue weighted by molar-refractivity contribution is -0.137. The standard InChI is InChI=1S/C19H25NO.C10H20O2/c1-3-8-16-9-7-12-18(15-16)21-19(13-14-20-2)17-10-5-4-6-11-17;1-2-3-4-5-6-7-8-9-10(11)12/h4-7,9-12,15,19-20H,3,8,13-14H2,1-2H3;2-9H2,1H3,(H,11,12). The summed E-state index contributed by atoms with van der Waals surface area (Å²) in [5, 5.41) is 11.6. The van der Waals surface area contributed by atoms with Gasteiger partial charge in [0.15, 0.2) is 0 Å². The Balaban J connectivity index is 0.000000389. The Morgan fingerprint density at radius 3 is 2.24 bits per heavy atom. The molecule has 1 atom stereocenters. The Morgan fingerprint density at radius 2 is 1.61 bits per heavy atom. The number of rotatable bonds is 16. The third-order valence-electron chi connectivity index (χ3n) is 5.54. The zero-order valence-corrected chi connectivity index (χ0v) is 21.0. The highest BCUT2D eigenvalue weighted by Crippen LogP contribution is 2.25. The van der Waals surface area contributed by atoms with E-state index in [-0.39, 0.29) is 6.10 Å². The summed E-state index contributed by atoms with van der Waals surface area (Å²) < 4.78 is 6.25. The van der Waals surface area contributed by atoms with Crippen LogP contribution in [0.3, 0.4) is 0 Å². The summed E-state index contributed by atoms with van der Waals surface area (Å²) in [6, 6.07) is 18.9. The number of hydrogen-bond donors (Lipinski definition) is 2. The van der Waals surface area contributed by atoms with Gasteiger partial charge in [-0.15, -0.1) is 0 Å². The van der Waals surface area contributed by atoms with Crippen LogP contribution in [0.5, 0.6) is 5.75 Å². The third-order valence-corrected chi connectivity index (χ3v) is 5.54. The van der Waals surface area contributed by atoms with Gasteiger partial charge in [0, 0.05) is 12.8 Å². The molecule has 0 saturated heterocycles. The summed E-state index contributed by atoms with van der Waals surface area (Å²) in [5.74, 6) is 0.300. The van der Waals surface area contributed by atoms with E-state index in [9.17, 15) is 4.79 Å². The number of nitrogens with one attached hydrogen (secondary N) is 1. The van der Waals surface area contributed by atoms with E-state index in [2.05, 4.69) is 67.7 Å². The first kappa shape index (κ1) is 28.7. The van der Waals surface area contributed by atoms with E-state index in [1.165, 1.54) is 43.2 Å². The minimum absolute atomic E-state index is 0.0931. The second kappa shape index (κ2) is 19.2. The van der Waals surface area contributed by atoms with Crippen LogP contribution >= 0.6 is 0 Å². The van der Waals surface area contributed by atoms with Gasteiger partial charge in [-0.3, -0.25) is 4.79 Å². The van der Waals surface area contributed by atoms with Gasteiger partial charge in [-0.05, 0) is 49.7 Å². The number of unbranched alkanes of at least 4 members (excludes halogenated alkanes) is 6. The van der Waals surface area contributed by atoms with Gasteiger partial charge in [0.05, 0.1) is 0 Å². The smallest absolute Gasteiger partial charge is 0.303 e. The molecule has 2 aromatic rings. The molecule has 4 heteroatoms. The van der Waals surface area contributed by atoms with Crippen LogP contribution in [0.4, 0.5) is 0 Å². The fraction of sp³-hybridized carbons (Fsp3) is 0.552. The van der Waals surface area contributed by atoms with E-state index in [4.69, 9.17) is 9.84 Å².